The van der Waals surface area contributed by atoms with Gasteiger partial charge in [0, 0.05) is 28.9 Å². The highest BCUT2D eigenvalue weighted by atomic mass is 35.5. The van der Waals surface area contributed by atoms with Gasteiger partial charge in [-0.3, -0.25) is 4.98 Å². The van der Waals surface area contributed by atoms with Gasteiger partial charge in [0.25, 0.3) is 0 Å². The van der Waals surface area contributed by atoms with Gasteiger partial charge in [-0.25, -0.2) is 0 Å². The van der Waals surface area contributed by atoms with Crippen LogP contribution in [0.1, 0.15) is 5.69 Å². The Bertz CT molecular complexity index is 526. The summed E-state index contributed by atoms with van der Waals surface area (Å²) < 4.78 is 5.69. The van der Waals surface area contributed by atoms with Gasteiger partial charge < -0.3 is 10.1 Å². The number of hydrogen-bond donors (Lipinski definition) is 1. The molecule has 0 saturated carbocycles. The molecule has 1 heterocycles. The summed E-state index contributed by atoms with van der Waals surface area (Å²) in [6.45, 7) is 0.688. The van der Waals surface area contributed by atoms with Crippen LogP contribution in [0, 0.1) is 0 Å². The largest absolute Gasteiger partial charge is 0.457 e. The zero-order valence-electron chi connectivity index (χ0n) is 9.78. The molecular weight excluding hydrogens is 271 g/mol. The minimum Gasteiger partial charge on any atom is -0.457 e. The van der Waals surface area contributed by atoms with Gasteiger partial charge in [0.2, 0.25) is 0 Å². The van der Waals surface area contributed by atoms with Gasteiger partial charge in [0.05, 0.1) is 5.69 Å². The van der Waals surface area contributed by atoms with E-state index in [0.717, 1.165) is 5.69 Å². The molecule has 5 heteroatoms. The molecule has 0 unspecified atom stereocenters. The topological polar surface area (TPSA) is 34.1 Å². The van der Waals surface area contributed by atoms with Gasteiger partial charge in [0.15, 0.2) is 0 Å². The highest BCUT2D eigenvalue weighted by molar-refractivity contribution is 6.34. The number of pyridine rings is 1. The maximum Gasteiger partial charge on any atom is 0.130 e. The summed E-state index contributed by atoms with van der Waals surface area (Å²) >= 11 is 11.8. The monoisotopic (exact) mass is 282 g/mol. The van der Waals surface area contributed by atoms with Crippen molar-refractivity contribution < 1.29 is 4.74 Å². The van der Waals surface area contributed by atoms with Crippen molar-refractivity contribution in [1.29, 1.82) is 0 Å². The summed E-state index contributed by atoms with van der Waals surface area (Å²) in [6.07, 6.45) is 1.70. The van der Waals surface area contributed by atoms with Crippen molar-refractivity contribution in [2.45, 2.75) is 6.54 Å². The molecule has 0 radical (unpaired) electrons. The molecule has 0 amide bonds. The van der Waals surface area contributed by atoms with Crippen molar-refractivity contribution >= 4 is 23.2 Å². The molecule has 1 aromatic carbocycles. The molecule has 1 N–H and O–H groups in total. The second-order valence-electron chi connectivity index (χ2n) is 3.72. The van der Waals surface area contributed by atoms with E-state index >= 15 is 0 Å². The standard InChI is InChI=1S/C13H12Cl2N2O/c1-16-8-11-7-12(2-3-17-11)18-13-5-9(14)4-10(15)6-13/h2-7,16H,8H2,1H3. The van der Waals surface area contributed by atoms with Crippen LogP contribution in [0.2, 0.25) is 10.0 Å². The molecule has 2 rings (SSSR count). The van der Waals surface area contributed by atoms with Gasteiger partial charge >= 0.3 is 0 Å². The Labute approximate surface area is 116 Å². The van der Waals surface area contributed by atoms with Gasteiger partial charge in [-0.2, -0.15) is 0 Å². The smallest absolute Gasteiger partial charge is 0.130 e. The highest BCUT2D eigenvalue weighted by Gasteiger charge is 2.02. The third-order valence-electron chi connectivity index (χ3n) is 2.22. The van der Waals surface area contributed by atoms with E-state index < -0.39 is 0 Å². The lowest BCUT2D eigenvalue weighted by molar-refractivity contribution is 0.480. The maximum absolute atomic E-state index is 5.91. The zero-order chi connectivity index (χ0) is 13.0. The number of aromatic nitrogens is 1. The van der Waals surface area contributed by atoms with Crippen molar-refractivity contribution in [3.63, 3.8) is 0 Å². The van der Waals surface area contributed by atoms with Gasteiger partial charge in [-0.15, -0.1) is 0 Å². The van der Waals surface area contributed by atoms with Crippen LogP contribution in [-0.2, 0) is 6.54 Å². The van der Waals surface area contributed by atoms with E-state index in [2.05, 4.69) is 10.3 Å². The van der Waals surface area contributed by atoms with E-state index in [1.54, 1.807) is 30.5 Å². The van der Waals surface area contributed by atoms with E-state index in [1.165, 1.54) is 0 Å². The van der Waals surface area contributed by atoms with E-state index in [-0.39, 0.29) is 0 Å². The fourth-order valence-electron chi connectivity index (χ4n) is 1.52. The summed E-state index contributed by atoms with van der Waals surface area (Å²) in [6, 6.07) is 8.74. The number of halogens is 2. The Balaban J connectivity index is 2.20. The van der Waals surface area contributed by atoms with Crippen LogP contribution in [0.5, 0.6) is 11.5 Å². The Morgan fingerprint density at radius 2 is 1.83 bits per heavy atom. The first kappa shape index (κ1) is 13.1. The molecule has 0 fully saturated rings. The van der Waals surface area contributed by atoms with E-state index in [9.17, 15) is 0 Å². The molecule has 0 bridgehead atoms. The number of rotatable bonds is 4. The quantitative estimate of drug-likeness (QED) is 0.924. The molecule has 18 heavy (non-hydrogen) atoms. The first-order valence-corrected chi connectivity index (χ1v) is 6.16. The van der Waals surface area contributed by atoms with Crippen molar-refractivity contribution in [3.8, 4) is 11.5 Å². The van der Waals surface area contributed by atoms with E-state index in [1.807, 2.05) is 13.1 Å². The van der Waals surface area contributed by atoms with Crippen LogP contribution in [0.3, 0.4) is 0 Å². The minimum atomic E-state index is 0.544. The molecule has 94 valence electrons. The van der Waals surface area contributed by atoms with Crippen molar-refractivity contribution in [2.24, 2.45) is 0 Å². The Morgan fingerprint density at radius 3 is 2.50 bits per heavy atom. The lowest BCUT2D eigenvalue weighted by atomic mass is 10.3. The molecule has 3 nitrogen and oxygen atoms in total. The molecule has 0 spiro atoms. The molecule has 0 atom stereocenters. The average Bonchev–Trinajstić information content (AvgIpc) is 2.28. The second kappa shape index (κ2) is 6.05. The second-order valence-corrected chi connectivity index (χ2v) is 4.59. The van der Waals surface area contributed by atoms with Crippen LogP contribution >= 0.6 is 23.2 Å². The summed E-state index contributed by atoms with van der Waals surface area (Å²) in [5, 5.41) is 4.12. The third-order valence-corrected chi connectivity index (χ3v) is 2.65. The molecule has 2 aromatic rings. The normalized spacial score (nSPS) is 10.4. The highest BCUT2D eigenvalue weighted by Crippen LogP contribution is 2.28. The van der Waals surface area contributed by atoms with Crippen molar-refractivity contribution in [3.05, 3.63) is 52.3 Å². The summed E-state index contributed by atoms with van der Waals surface area (Å²) in [7, 11) is 1.87. The van der Waals surface area contributed by atoms with E-state index in [4.69, 9.17) is 27.9 Å². The fraction of sp³-hybridized carbons (Fsp3) is 0.154. The Hall–Kier alpha value is -1.29. The predicted molar refractivity (Wildman–Crippen MR) is 73.5 cm³/mol. The summed E-state index contributed by atoms with van der Waals surface area (Å²) in [5.74, 6) is 1.31. The number of hydrogen-bond acceptors (Lipinski definition) is 3. The minimum absolute atomic E-state index is 0.544. The van der Waals surface area contributed by atoms with Gasteiger partial charge in [-0.1, -0.05) is 23.2 Å². The zero-order valence-corrected chi connectivity index (χ0v) is 11.3. The van der Waals surface area contributed by atoms with Gasteiger partial charge in [0.1, 0.15) is 11.5 Å². The van der Waals surface area contributed by atoms with Crippen LogP contribution in [0.15, 0.2) is 36.5 Å². The van der Waals surface area contributed by atoms with Crippen LogP contribution in [0.25, 0.3) is 0 Å². The summed E-state index contributed by atoms with van der Waals surface area (Å²) in [4.78, 5) is 4.21. The lowest BCUT2D eigenvalue weighted by Gasteiger charge is -2.08. The lowest BCUT2D eigenvalue weighted by Crippen LogP contribution is -2.06. The van der Waals surface area contributed by atoms with Crippen LogP contribution in [0.4, 0.5) is 0 Å². The molecular formula is C13H12Cl2N2O. The first-order valence-electron chi connectivity index (χ1n) is 5.41. The predicted octanol–water partition coefficient (Wildman–Crippen LogP) is 3.90. The molecule has 0 aliphatic carbocycles. The Morgan fingerprint density at radius 1 is 1.11 bits per heavy atom. The number of benzene rings is 1. The number of nitrogens with zero attached hydrogens (tertiary/aromatic N) is 1. The summed E-state index contributed by atoms with van der Waals surface area (Å²) in [5.41, 5.74) is 0.906. The van der Waals surface area contributed by atoms with Crippen LogP contribution < -0.4 is 10.1 Å². The first-order chi connectivity index (χ1) is 8.67. The SMILES string of the molecule is CNCc1cc(Oc2cc(Cl)cc(Cl)c2)ccn1. The van der Waals surface area contributed by atoms with E-state index in [0.29, 0.717) is 28.1 Å². The molecule has 0 aliphatic heterocycles. The maximum atomic E-state index is 5.91. The van der Waals surface area contributed by atoms with Crippen molar-refractivity contribution in [2.75, 3.05) is 7.05 Å². The number of nitrogens with one attached hydrogen (secondary N) is 1. The Kier molecular flexibility index (Phi) is 4.42. The molecule has 0 saturated heterocycles. The molecule has 0 aliphatic rings. The third kappa shape index (κ3) is 3.60. The van der Waals surface area contributed by atoms with Crippen molar-refractivity contribution in [1.82, 2.24) is 10.3 Å². The molecule has 1 aromatic heterocycles. The average molecular weight is 283 g/mol. The fourth-order valence-corrected chi connectivity index (χ4v) is 2.03. The van der Waals surface area contributed by atoms with Gasteiger partial charge in [-0.05, 0) is 31.3 Å². The number of ether oxygens (including phenoxy) is 1. The van der Waals surface area contributed by atoms with Crippen LogP contribution in [-0.4, -0.2) is 12.0 Å².